The lowest BCUT2D eigenvalue weighted by Crippen LogP contribution is -2.30. The maximum Gasteiger partial charge on any atom is 0.291 e. The van der Waals surface area contributed by atoms with Gasteiger partial charge in [0.05, 0.1) is 16.5 Å². The number of pyridine rings is 1. The molecule has 0 fully saturated rings. The number of hydrogen-bond donors (Lipinski definition) is 0. The van der Waals surface area contributed by atoms with Gasteiger partial charge in [-0.15, -0.1) is 4.73 Å². The molecule has 2 rings (SSSR count). The number of rotatable bonds is 4. The summed E-state index contributed by atoms with van der Waals surface area (Å²) < 4.78 is 29.0. The number of fused-ring (bicyclic) bond motifs is 1. The number of aromatic nitrogens is 1. The molecule has 0 radical (unpaired) electrons. The normalized spacial score (nSPS) is 10.9. The molecule has 0 amide bonds. The summed E-state index contributed by atoms with van der Waals surface area (Å²) in [6.45, 7) is 1.95. The Morgan fingerprint density at radius 1 is 1.32 bits per heavy atom. The van der Waals surface area contributed by atoms with Crippen molar-refractivity contribution in [3.63, 3.8) is 0 Å². The van der Waals surface area contributed by atoms with Crippen LogP contribution in [-0.4, -0.2) is 11.8 Å². The van der Waals surface area contributed by atoms with E-state index in [4.69, 9.17) is 4.84 Å². The minimum Gasteiger partial charge on any atom is -0.414 e. The van der Waals surface area contributed by atoms with E-state index in [1.165, 1.54) is 19.2 Å². The van der Waals surface area contributed by atoms with Gasteiger partial charge in [-0.25, -0.2) is 8.78 Å². The van der Waals surface area contributed by atoms with E-state index < -0.39 is 17.2 Å². The highest BCUT2D eigenvalue weighted by atomic mass is 19.1. The third kappa shape index (κ3) is 2.20. The largest absolute Gasteiger partial charge is 0.414 e. The van der Waals surface area contributed by atoms with Gasteiger partial charge in [0.15, 0.2) is 5.82 Å². The predicted octanol–water partition coefficient (Wildman–Crippen LogP) is 2.68. The van der Waals surface area contributed by atoms with Crippen molar-refractivity contribution in [1.29, 1.82) is 0 Å². The molecule has 0 aliphatic rings. The van der Waals surface area contributed by atoms with E-state index in [2.05, 4.69) is 0 Å². The van der Waals surface area contributed by atoms with Gasteiger partial charge in [0.2, 0.25) is 0 Å². The van der Waals surface area contributed by atoms with Crippen LogP contribution in [0.1, 0.15) is 25.5 Å². The molecule has 1 aromatic carbocycles. The smallest absolute Gasteiger partial charge is 0.291 e. The maximum absolute atomic E-state index is 14.4. The fourth-order valence-electron chi connectivity index (χ4n) is 2.14. The van der Waals surface area contributed by atoms with Crippen LogP contribution in [0.5, 0.6) is 0 Å². The van der Waals surface area contributed by atoms with Crippen LogP contribution in [0.2, 0.25) is 0 Å². The predicted molar refractivity (Wildman–Crippen MR) is 69.2 cm³/mol. The molecule has 0 spiro atoms. The van der Waals surface area contributed by atoms with E-state index in [1.54, 1.807) is 0 Å². The highest BCUT2D eigenvalue weighted by Crippen LogP contribution is 2.22. The van der Waals surface area contributed by atoms with Crippen LogP contribution in [0.15, 0.2) is 23.0 Å². The minimum absolute atomic E-state index is 0.0143. The lowest BCUT2D eigenvalue weighted by molar-refractivity contribution is 0.146. The van der Waals surface area contributed by atoms with Crippen molar-refractivity contribution in [3.05, 3.63) is 45.9 Å². The first-order valence-electron chi connectivity index (χ1n) is 6.17. The Bertz CT molecular complexity index is 665. The molecule has 0 unspecified atom stereocenters. The molecule has 1 heterocycles. The summed E-state index contributed by atoms with van der Waals surface area (Å²) >= 11 is 0. The quantitative estimate of drug-likeness (QED) is 0.852. The first kappa shape index (κ1) is 13.5. The van der Waals surface area contributed by atoms with E-state index in [1.807, 2.05) is 6.92 Å². The summed E-state index contributed by atoms with van der Waals surface area (Å²) in [6.07, 6.45) is 1.86. The second-order valence-corrected chi connectivity index (χ2v) is 4.31. The fourth-order valence-corrected chi connectivity index (χ4v) is 2.14. The number of unbranched alkanes of at least 4 members (excludes halogenated alkanes) is 1. The van der Waals surface area contributed by atoms with Gasteiger partial charge in [-0.2, -0.15) is 0 Å². The van der Waals surface area contributed by atoms with Crippen molar-refractivity contribution in [1.82, 2.24) is 4.73 Å². The topological polar surface area (TPSA) is 31.2 Å². The Hall–Kier alpha value is -1.91. The van der Waals surface area contributed by atoms with Gasteiger partial charge in [-0.1, -0.05) is 19.4 Å². The third-order valence-electron chi connectivity index (χ3n) is 3.10. The van der Waals surface area contributed by atoms with Crippen LogP contribution in [0.4, 0.5) is 8.78 Å². The van der Waals surface area contributed by atoms with Gasteiger partial charge in [-0.05, 0) is 25.0 Å². The average Bonchev–Trinajstić information content (AvgIpc) is 2.41. The fraction of sp³-hybridized carbons (Fsp3) is 0.357. The van der Waals surface area contributed by atoms with Crippen LogP contribution in [0.3, 0.4) is 0 Å². The summed E-state index contributed by atoms with van der Waals surface area (Å²) in [5.74, 6) is -1.45. The average molecular weight is 267 g/mol. The summed E-state index contributed by atoms with van der Waals surface area (Å²) in [6, 6.07) is 3.92. The molecule has 19 heavy (non-hydrogen) atoms. The second kappa shape index (κ2) is 5.38. The van der Waals surface area contributed by atoms with Crippen LogP contribution in [0, 0.1) is 11.6 Å². The summed E-state index contributed by atoms with van der Waals surface area (Å²) in [5.41, 5.74) is -0.448. The standard InChI is InChI=1S/C14H15F2NO2/c1-3-4-8-11-13(16)12-9(6-5-7-10(12)15)14(18)17(11)19-2/h5-7H,3-4,8H2,1-2H3. The second-order valence-electron chi connectivity index (χ2n) is 4.31. The Morgan fingerprint density at radius 3 is 2.68 bits per heavy atom. The van der Waals surface area contributed by atoms with Crippen molar-refractivity contribution in [2.24, 2.45) is 0 Å². The van der Waals surface area contributed by atoms with Crippen molar-refractivity contribution in [2.75, 3.05) is 7.11 Å². The summed E-state index contributed by atoms with van der Waals surface area (Å²) in [7, 11) is 1.29. The molecule has 102 valence electrons. The van der Waals surface area contributed by atoms with Gasteiger partial charge >= 0.3 is 0 Å². The van der Waals surface area contributed by atoms with Gasteiger partial charge < -0.3 is 4.84 Å². The molecule has 5 heteroatoms. The first-order valence-corrected chi connectivity index (χ1v) is 6.17. The van der Waals surface area contributed by atoms with Crippen molar-refractivity contribution < 1.29 is 13.6 Å². The molecular formula is C14H15F2NO2. The van der Waals surface area contributed by atoms with Gasteiger partial charge in [0, 0.05) is 0 Å². The SMILES string of the molecule is CCCCc1c(F)c2c(F)cccc2c(=O)n1OC. The molecule has 0 N–H and O–H groups in total. The van der Waals surface area contributed by atoms with Crippen molar-refractivity contribution >= 4 is 10.8 Å². The van der Waals surface area contributed by atoms with E-state index in [0.717, 1.165) is 17.2 Å². The van der Waals surface area contributed by atoms with Crippen LogP contribution in [0.25, 0.3) is 10.8 Å². The molecule has 0 aliphatic carbocycles. The molecular weight excluding hydrogens is 252 g/mol. The van der Waals surface area contributed by atoms with E-state index in [-0.39, 0.29) is 16.5 Å². The number of nitrogens with zero attached hydrogens (tertiary/aromatic N) is 1. The van der Waals surface area contributed by atoms with Gasteiger partial charge in [-0.3, -0.25) is 4.79 Å². The van der Waals surface area contributed by atoms with Crippen LogP contribution in [-0.2, 0) is 6.42 Å². The lowest BCUT2D eigenvalue weighted by Gasteiger charge is -2.14. The molecule has 2 aromatic rings. The van der Waals surface area contributed by atoms with Crippen LogP contribution >= 0.6 is 0 Å². The first-order chi connectivity index (χ1) is 9.11. The van der Waals surface area contributed by atoms with Gasteiger partial charge in [0.1, 0.15) is 12.9 Å². The van der Waals surface area contributed by atoms with Gasteiger partial charge in [0.25, 0.3) is 5.56 Å². The highest BCUT2D eigenvalue weighted by molar-refractivity contribution is 5.83. The Labute approximate surface area is 109 Å². The summed E-state index contributed by atoms with van der Waals surface area (Å²) in [5, 5.41) is -0.272. The number of hydrogen-bond acceptors (Lipinski definition) is 2. The molecule has 0 bridgehead atoms. The van der Waals surface area contributed by atoms with Crippen molar-refractivity contribution in [2.45, 2.75) is 26.2 Å². The lowest BCUT2D eigenvalue weighted by atomic mass is 10.1. The molecule has 0 aliphatic heterocycles. The maximum atomic E-state index is 14.4. The molecule has 3 nitrogen and oxygen atoms in total. The summed E-state index contributed by atoms with van der Waals surface area (Å²) in [4.78, 5) is 17.1. The molecule has 0 atom stereocenters. The molecule has 0 saturated heterocycles. The van der Waals surface area contributed by atoms with Crippen molar-refractivity contribution in [3.8, 4) is 0 Å². The Morgan fingerprint density at radius 2 is 2.05 bits per heavy atom. The van der Waals surface area contributed by atoms with E-state index in [0.29, 0.717) is 12.8 Å². The minimum atomic E-state index is -0.729. The Balaban J connectivity index is 2.83. The molecule has 0 saturated carbocycles. The zero-order valence-corrected chi connectivity index (χ0v) is 10.9. The number of halogens is 2. The van der Waals surface area contributed by atoms with E-state index >= 15 is 0 Å². The monoisotopic (exact) mass is 267 g/mol. The number of benzene rings is 1. The van der Waals surface area contributed by atoms with Crippen LogP contribution < -0.4 is 10.4 Å². The van der Waals surface area contributed by atoms with E-state index in [9.17, 15) is 13.6 Å². The third-order valence-corrected chi connectivity index (χ3v) is 3.10. The highest BCUT2D eigenvalue weighted by Gasteiger charge is 2.19. The zero-order valence-electron chi connectivity index (χ0n) is 10.9. The Kier molecular flexibility index (Phi) is 3.83. The molecule has 1 aromatic heterocycles. The zero-order chi connectivity index (χ0) is 14.0.